The van der Waals surface area contributed by atoms with Crippen molar-refractivity contribution in [1.29, 1.82) is 0 Å². The van der Waals surface area contributed by atoms with Gasteiger partial charge in [-0.15, -0.1) is 0 Å². The van der Waals surface area contributed by atoms with Crippen LogP contribution in [0.15, 0.2) is 30.6 Å². The summed E-state index contributed by atoms with van der Waals surface area (Å²) in [5.41, 5.74) is 5.99. The molecule has 0 fully saturated rings. The summed E-state index contributed by atoms with van der Waals surface area (Å²) in [5.74, 6) is 0.797. The van der Waals surface area contributed by atoms with Crippen molar-refractivity contribution in [3.05, 3.63) is 36.2 Å². The second-order valence-electron chi connectivity index (χ2n) is 6.24. The molecule has 0 spiro atoms. The highest BCUT2D eigenvalue weighted by molar-refractivity contribution is 6.04. The number of hydrogen-bond acceptors (Lipinski definition) is 5. The number of amides is 2. The Balaban J connectivity index is 2.04. The molecule has 140 valence electrons. The molecule has 8 heteroatoms. The van der Waals surface area contributed by atoms with Gasteiger partial charge in [-0.2, -0.15) is 5.10 Å². The van der Waals surface area contributed by atoms with E-state index in [1.807, 2.05) is 0 Å². The third-order valence-electron chi connectivity index (χ3n) is 3.59. The standard InChI is InChI=1S/C18H24N4O4/c1-12(2)6-7-26-15-5-4-13(8-16(15)25-3)18(24)21-14-9-20-22(10-14)11-17(19)23/h4-5,8-10,12H,6-7,11H2,1-3H3,(H2,19,23)(H,21,24). The van der Waals surface area contributed by atoms with Gasteiger partial charge >= 0.3 is 0 Å². The molecule has 0 aliphatic rings. The van der Waals surface area contributed by atoms with Crippen molar-refractivity contribution in [3.63, 3.8) is 0 Å². The monoisotopic (exact) mass is 360 g/mol. The number of carbonyl (C=O) groups is 2. The molecule has 1 heterocycles. The summed E-state index contributed by atoms with van der Waals surface area (Å²) in [5, 5.41) is 6.67. The number of rotatable bonds is 9. The molecular weight excluding hydrogens is 336 g/mol. The number of primary amides is 1. The SMILES string of the molecule is COc1cc(C(=O)Nc2cnn(CC(N)=O)c2)ccc1OCCC(C)C. The Morgan fingerprint density at radius 3 is 2.73 bits per heavy atom. The Morgan fingerprint density at radius 1 is 1.31 bits per heavy atom. The Labute approximate surface area is 152 Å². The third kappa shape index (κ3) is 5.51. The van der Waals surface area contributed by atoms with E-state index in [2.05, 4.69) is 24.3 Å². The van der Waals surface area contributed by atoms with Crippen LogP contribution in [0.5, 0.6) is 11.5 Å². The molecule has 2 aromatic rings. The molecule has 0 saturated heterocycles. The summed E-state index contributed by atoms with van der Waals surface area (Å²) in [7, 11) is 1.53. The van der Waals surface area contributed by atoms with Crippen molar-refractivity contribution in [2.24, 2.45) is 11.7 Å². The molecule has 1 aromatic carbocycles. The van der Waals surface area contributed by atoms with Crippen molar-refractivity contribution in [2.75, 3.05) is 19.0 Å². The lowest BCUT2D eigenvalue weighted by molar-refractivity contribution is -0.118. The van der Waals surface area contributed by atoms with Crippen LogP contribution in [-0.4, -0.2) is 35.3 Å². The molecule has 8 nitrogen and oxygen atoms in total. The van der Waals surface area contributed by atoms with Crippen molar-refractivity contribution in [1.82, 2.24) is 9.78 Å². The van der Waals surface area contributed by atoms with Crippen molar-refractivity contribution < 1.29 is 19.1 Å². The number of nitrogens with zero attached hydrogens (tertiary/aromatic N) is 2. The minimum Gasteiger partial charge on any atom is -0.493 e. The fourth-order valence-corrected chi connectivity index (χ4v) is 2.21. The minimum absolute atomic E-state index is 0.0495. The van der Waals surface area contributed by atoms with Crippen LogP contribution in [0.2, 0.25) is 0 Å². The van der Waals surface area contributed by atoms with Gasteiger partial charge in [0.1, 0.15) is 6.54 Å². The Hall–Kier alpha value is -3.03. The zero-order valence-corrected chi connectivity index (χ0v) is 15.2. The predicted molar refractivity (Wildman–Crippen MR) is 97.3 cm³/mol. The van der Waals surface area contributed by atoms with Crippen LogP contribution in [0, 0.1) is 5.92 Å². The van der Waals surface area contributed by atoms with Gasteiger partial charge in [0.05, 0.1) is 25.6 Å². The molecule has 26 heavy (non-hydrogen) atoms. The molecule has 1 aromatic heterocycles. The summed E-state index contributed by atoms with van der Waals surface area (Å²) in [6.07, 6.45) is 3.91. The van der Waals surface area contributed by atoms with Crippen LogP contribution in [0.3, 0.4) is 0 Å². The van der Waals surface area contributed by atoms with Crippen molar-refractivity contribution in [2.45, 2.75) is 26.8 Å². The van der Waals surface area contributed by atoms with Gasteiger partial charge in [-0.25, -0.2) is 0 Å². The highest BCUT2D eigenvalue weighted by Gasteiger charge is 2.13. The minimum atomic E-state index is -0.510. The topological polar surface area (TPSA) is 108 Å². The summed E-state index contributed by atoms with van der Waals surface area (Å²) in [4.78, 5) is 23.3. The molecule has 0 bridgehead atoms. The lowest BCUT2D eigenvalue weighted by Gasteiger charge is -2.13. The summed E-state index contributed by atoms with van der Waals surface area (Å²) >= 11 is 0. The van der Waals surface area contributed by atoms with Gasteiger partial charge in [-0.05, 0) is 30.5 Å². The summed E-state index contributed by atoms with van der Waals surface area (Å²) in [6, 6.07) is 4.99. The van der Waals surface area contributed by atoms with Crippen LogP contribution < -0.4 is 20.5 Å². The molecule has 0 saturated carbocycles. The second-order valence-corrected chi connectivity index (χ2v) is 6.24. The number of ether oxygens (including phenoxy) is 2. The smallest absolute Gasteiger partial charge is 0.255 e. The van der Waals surface area contributed by atoms with Gasteiger partial charge in [0, 0.05) is 11.8 Å². The molecule has 0 aliphatic heterocycles. The van der Waals surface area contributed by atoms with E-state index in [1.54, 1.807) is 18.2 Å². The van der Waals surface area contributed by atoms with E-state index < -0.39 is 5.91 Å². The number of hydrogen-bond donors (Lipinski definition) is 2. The number of carbonyl (C=O) groups excluding carboxylic acids is 2. The number of anilines is 1. The fraction of sp³-hybridized carbons (Fsp3) is 0.389. The Bertz CT molecular complexity index is 770. The normalized spacial score (nSPS) is 10.6. The van der Waals surface area contributed by atoms with Gasteiger partial charge in [-0.1, -0.05) is 13.8 Å². The lowest BCUT2D eigenvalue weighted by atomic mass is 10.1. The highest BCUT2D eigenvalue weighted by atomic mass is 16.5. The average molecular weight is 360 g/mol. The number of benzene rings is 1. The molecule has 0 unspecified atom stereocenters. The maximum absolute atomic E-state index is 12.4. The fourth-order valence-electron chi connectivity index (χ4n) is 2.21. The molecule has 3 N–H and O–H groups in total. The van der Waals surface area contributed by atoms with Gasteiger partial charge in [0.25, 0.3) is 5.91 Å². The van der Waals surface area contributed by atoms with E-state index in [4.69, 9.17) is 15.2 Å². The first-order valence-electron chi connectivity index (χ1n) is 8.32. The second kappa shape index (κ2) is 8.89. The Kier molecular flexibility index (Phi) is 6.60. The van der Waals surface area contributed by atoms with Crippen LogP contribution in [-0.2, 0) is 11.3 Å². The number of nitrogens with one attached hydrogen (secondary N) is 1. The predicted octanol–water partition coefficient (Wildman–Crippen LogP) is 2.05. The van der Waals surface area contributed by atoms with Gasteiger partial charge < -0.3 is 20.5 Å². The van der Waals surface area contributed by atoms with E-state index in [9.17, 15) is 9.59 Å². The average Bonchev–Trinajstić information content (AvgIpc) is 3.00. The summed E-state index contributed by atoms with van der Waals surface area (Å²) < 4.78 is 12.4. The van der Waals surface area contributed by atoms with Crippen LogP contribution in [0.1, 0.15) is 30.6 Å². The quantitative estimate of drug-likeness (QED) is 0.711. The van der Waals surface area contributed by atoms with Gasteiger partial charge in [0.15, 0.2) is 11.5 Å². The number of methoxy groups -OCH3 is 1. The molecule has 2 amide bonds. The first-order valence-corrected chi connectivity index (χ1v) is 8.32. The summed E-state index contributed by atoms with van der Waals surface area (Å²) in [6.45, 7) is 4.78. The van der Waals surface area contributed by atoms with Crippen LogP contribution >= 0.6 is 0 Å². The zero-order chi connectivity index (χ0) is 19.1. The molecule has 2 rings (SSSR count). The van der Waals surface area contributed by atoms with E-state index in [1.165, 1.54) is 24.2 Å². The van der Waals surface area contributed by atoms with Gasteiger partial charge in [-0.3, -0.25) is 14.3 Å². The van der Waals surface area contributed by atoms with E-state index in [0.717, 1.165) is 6.42 Å². The molecule has 0 atom stereocenters. The molecule has 0 aliphatic carbocycles. The van der Waals surface area contributed by atoms with Crippen LogP contribution in [0.4, 0.5) is 5.69 Å². The number of aromatic nitrogens is 2. The van der Waals surface area contributed by atoms with E-state index in [-0.39, 0.29) is 12.5 Å². The highest BCUT2D eigenvalue weighted by Crippen LogP contribution is 2.28. The van der Waals surface area contributed by atoms with Crippen LogP contribution in [0.25, 0.3) is 0 Å². The first kappa shape index (κ1) is 19.3. The maximum Gasteiger partial charge on any atom is 0.255 e. The number of nitrogens with two attached hydrogens (primary N) is 1. The van der Waals surface area contributed by atoms with E-state index in [0.29, 0.717) is 35.3 Å². The van der Waals surface area contributed by atoms with Gasteiger partial charge in [0.2, 0.25) is 5.91 Å². The molecule has 0 radical (unpaired) electrons. The first-order chi connectivity index (χ1) is 12.4. The van der Waals surface area contributed by atoms with Crippen molar-refractivity contribution in [3.8, 4) is 11.5 Å². The zero-order valence-electron chi connectivity index (χ0n) is 15.2. The Morgan fingerprint density at radius 2 is 2.08 bits per heavy atom. The largest absolute Gasteiger partial charge is 0.493 e. The molecular formula is C18H24N4O4. The lowest BCUT2D eigenvalue weighted by Crippen LogP contribution is -2.18. The maximum atomic E-state index is 12.4. The third-order valence-corrected chi connectivity index (χ3v) is 3.59. The van der Waals surface area contributed by atoms with Crippen molar-refractivity contribution >= 4 is 17.5 Å². The van der Waals surface area contributed by atoms with E-state index >= 15 is 0 Å².